The molecule has 0 amide bonds. The van der Waals surface area contributed by atoms with Gasteiger partial charge < -0.3 is 5.32 Å². The third kappa shape index (κ3) is 3.52. The molecule has 0 radical (unpaired) electrons. The van der Waals surface area contributed by atoms with Crippen molar-refractivity contribution in [1.82, 2.24) is 4.98 Å². The van der Waals surface area contributed by atoms with Gasteiger partial charge in [0.25, 0.3) is 0 Å². The number of benzene rings is 3. The van der Waals surface area contributed by atoms with Crippen LogP contribution in [0.25, 0.3) is 22.0 Å². The van der Waals surface area contributed by atoms with Gasteiger partial charge in [-0.15, -0.1) is 0 Å². The lowest BCUT2D eigenvalue weighted by atomic mass is 9.99. The highest BCUT2D eigenvalue weighted by molar-refractivity contribution is 6.31. The van der Waals surface area contributed by atoms with E-state index in [1.54, 1.807) is 18.2 Å². The highest BCUT2D eigenvalue weighted by Crippen LogP contribution is 2.41. The van der Waals surface area contributed by atoms with E-state index >= 15 is 0 Å². The smallest absolute Gasteiger partial charge is 0.319 e. The summed E-state index contributed by atoms with van der Waals surface area (Å²) in [4.78, 5) is 16.2. The van der Waals surface area contributed by atoms with Crippen molar-refractivity contribution in [2.75, 3.05) is 5.32 Å². The highest BCUT2D eigenvalue weighted by atomic mass is 35.5. The van der Waals surface area contributed by atoms with Gasteiger partial charge in [0.05, 0.1) is 16.0 Å². The number of rotatable bonds is 5. The van der Waals surface area contributed by atoms with Crippen LogP contribution in [0.5, 0.6) is 0 Å². The van der Waals surface area contributed by atoms with Gasteiger partial charge in [-0.3, -0.25) is 10.1 Å². The van der Waals surface area contributed by atoms with Crippen LogP contribution in [-0.4, -0.2) is 9.91 Å². The van der Waals surface area contributed by atoms with Gasteiger partial charge in [0.1, 0.15) is 0 Å². The van der Waals surface area contributed by atoms with Crippen molar-refractivity contribution >= 4 is 34.0 Å². The zero-order valence-corrected chi connectivity index (χ0v) is 15.6. The van der Waals surface area contributed by atoms with Gasteiger partial charge in [0.2, 0.25) is 5.82 Å². The van der Waals surface area contributed by atoms with Gasteiger partial charge in [0, 0.05) is 17.0 Å². The minimum atomic E-state index is -0.386. The second-order valence-corrected chi connectivity index (χ2v) is 6.74. The number of hydrogen-bond donors (Lipinski definition) is 1. The van der Waals surface area contributed by atoms with E-state index in [-0.39, 0.29) is 16.4 Å². The van der Waals surface area contributed by atoms with Crippen LogP contribution < -0.4 is 5.32 Å². The number of pyridine rings is 1. The lowest BCUT2D eigenvalue weighted by Crippen LogP contribution is -2.06. The summed E-state index contributed by atoms with van der Waals surface area (Å²) >= 11 is 6.18. The molecular weight excluding hydrogens is 374 g/mol. The molecule has 0 aliphatic rings. The Morgan fingerprint density at radius 3 is 2.32 bits per heavy atom. The first-order valence-electron chi connectivity index (χ1n) is 8.74. The molecule has 0 atom stereocenters. The first-order valence-corrected chi connectivity index (χ1v) is 9.12. The Morgan fingerprint density at radius 2 is 1.64 bits per heavy atom. The van der Waals surface area contributed by atoms with Crippen LogP contribution in [0.4, 0.5) is 11.5 Å². The number of halogens is 1. The fourth-order valence-electron chi connectivity index (χ4n) is 3.21. The number of aromatic nitrogens is 1. The standard InChI is InChI=1S/C22H16ClN3O2/c23-17-11-12-19-18(13-17)20(16-9-5-2-6-10-16)21(26(27)28)22(25-19)24-14-15-7-3-1-4-8-15/h1-13H,14H2,(H,24,25). The Kier molecular flexibility index (Phi) is 4.91. The molecule has 0 aliphatic heterocycles. The van der Waals surface area contributed by atoms with Crippen LogP contribution >= 0.6 is 11.6 Å². The van der Waals surface area contributed by atoms with E-state index in [1.165, 1.54) is 0 Å². The van der Waals surface area contributed by atoms with Gasteiger partial charge in [-0.2, -0.15) is 0 Å². The minimum Gasteiger partial charge on any atom is -0.360 e. The zero-order chi connectivity index (χ0) is 19.5. The van der Waals surface area contributed by atoms with E-state index in [0.717, 1.165) is 11.1 Å². The molecule has 4 aromatic rings. The molecule has 0 spiro atoms. The molecule has 0 saturated carbocycles. The fraction of sp³-hybridized carbons (Fsp3) is 0.0455. The van der Waals surface area contributed by atoms with Gasteiger partial charge >= 0.3 is 5.69 Å². The molecule has 0 saturated heterocycles. The predicted molar refractivity (Wildman–Crippen MR) is 113 cm³/mol. The summed E-state index contributed by atoms with van der Waals surface area (Å²) < 4.78 is 0. The van der Waals surface area contributed by atoms with Gasteiger partial charge in [0.15, 0.2) is 0 Å². The van der Waals surface area contributed by atoms with E-state index in [2.05, 4.69) is 10.3 Å². The van der Waals surface area contributed by atoms with Crippen molar-refractivity contribution < 1.29 is 4.92 Å². The minimum absolute atomic E-state index is 0.0584. The molecule has 0 unspecified atom stereocenters. The summed E-state index contributed by atoms with van der Waals surface area (Å²) in [6, 6.07) is 24.2. The maximum Gasteiger partial charge on any atom is 0.319 e. The lowest BCUT2D eigenvalue weighted by molar-refractivity contribution is -0.383. The molecule has 3 aromatic carbocycles. The van der Waals surface area contributed by atoms with Gasteiger partial charge in [-0.25, -0.2) is 4.98 Å². The molecule has 1 N–H and O–H groups in total. The van der Waals surface area contributed by atoms with E-state index in [4.69, 9.17) is 11.6 Å². The summed E-state index contributed by atoms with van der Waals surface area (Å²) in [5.74, 6) is 0.238. The Bertz CT molecular complexity index is 1150. The Hall–Kier alpha value is -3.44. The second kappa shape index (κ2) is 7.66. The third-order valence-electron chi connectivity index (χ3n) is 4.47. The molecular formula is C22H16ClN3O2. The van der Waals surface area contributed by atoms with Crippen molar-refractivity contribution in [2.24, 2.45) is 0 Å². The van der Waals surface area contributed by atoms with Crippen LogP contribution in [0.3, 0.4) is 0 Å². The van der Waals surface area contributed by atoms with Crippen LogP contribution in [-0.2, 0) is 6.54 Å². The molecule has 0 fully saturated rings. The Labute approximate surface area is 166 Å². The van der Waals surface area contributed by atoms with Crippen molar-refractivity contribution in [1.29, 1.82) is 0 Å². The summed E-state index contributed by atoms with van der Waals surface area (Å²) in [6.45, 7) is 0.433. The zero-order valence-electron chi connectivity index (χ0n) is 14.8. The molecule has 5 nitrogen and oxygen atoms in total. The fourth-order valence-corrected chi connectivity index (χ4v) is 3.38. The summed E-state index contributed by atoms with van der Waals surface area (Å²) in [7, 11) is 0. The number of nitrogens with one attached hydrogen (secondary N) is 1. The monoisotopic (exact) mass is 389 g/mol. The van der Waals surface area contributed by atoms with Gasteiger partial charge in [-0.1, -0.05) is 72.3 Å². The normalized spacial score (nSPS) is 10.8. The maximum atomic E-state index is 12.0. The molecule has 1 aromatic heterocycles. The SMILES string of the molecule is O=[N+]([O-])c1c(NCc2ccccc2)nc2ccc(Cl)cc2c1-c1ccccc1. The first-order chi connectivity index (χ1) is 13.6. The molecule has 0 aliphatic carbocycles. The molecule has 1 heterocycles. The largest absolute Gasteiger partial charge is 0.360 e. The summed E-state index contributed by atoms with van der Waals surface area (Å²) in [6.07, 6.45) is 0. The number of hydrogen-bond acceptors (Lipinski definition) is 4. The summed E-state index contributed by atoms with van der Waals surface area (Å²) in [5.41, 5.74) is 2.85. The maximum absolute atomic E-state index is 12.0. The third-order valence-corrected chi connectivity index (χ3v) is 4.70. The molecule has 4 rings (SSSR count). The number of anilines is 1. The molecule has 138 valence electrons. The average molecular weight is 390 g/mol. The summed E-state index contributed by atoms with van der Waals surface area (Å²) in [5, 5.41) is 16.3. The van der Waals surface area contributed by atoms with Crippen LogP contribution in [0.1, 0.15) is 5.56 Å². The topological polar surface area (TPSA) is 68.1 Å². The van der Waals surface area contributed by atoms with Crippen molar-refractivity contribution in [3.05, 3.63) is 99.6 Å². The van der Waals surface area contributed by atoms with E-state index in [0.29, 0.717) is 28.0 Å². The van der Waals surface area contributed by atoms with Crippen LogP contribution in [0, 0.1) is 10.1 Å². The Balaban J connectivity index is 1.93. The molecule has 6 heteroatoms. The van der Waals surface area contributed by atoms with E-state index in [1.807, 2.05) is 60.7 Å². The van der Waals surface area contributed by atoms with Crippen molar-refractivity contribution in [2.45, 2.75) is 6.54 Å². The highest BCUT2D eigenvalue weighted by Gasteiger charge is 2.26. The first kappa shape index (κ1) is 17.9. The number of fused-ring (bicyclic) bond motifs is 1. The van der Waals surface area contributed by atoms with E-state index in [9.17, 15) is 10.1 Å². The average Bonchev–Trinajstić information content (AvgIpc) is 2.72. The quantitative estimate of drug-likeness (QED) is 0.332. The second-order valence-electron chi connectivity index (χ2n) is 6.31. The van der Waals surface area contributed by atoms with Crippen LogP contribution in [0.15, 0.2) is 78.9 Å². The van der Waals surface area contributed by atoms with Crippen LogP contribution in [0.2, 0.25) is 5.02 Å². The molecule has 28 heavy (non-hydrogen) atoms. The van der Waals surface area contributed by atoms with Crippen molar-refractivity contribution in [3.8, 4) is 11.1 Å². The van der Waals surface area contributed by atoms with E-state index < -0.39 is 0 Å². The number of nitro groups is 1. The number of nitrogens with zero attached hydrogens (tertiary/aromatic N) is 2. The predicted octanol–water partition coefficient (Wildman–Crippen LogP) is 6.08. The molecule has 0 bridgehead atoms. The lowest BCUT2D eigenvalue weighted by Gasteiger charge is -2.13. The Morgan fingerprint density at radius 1 is 0.964 bits per heavy atom. The van der Waals surface area contributed by atoms with Gasteiger partial charge in [-0.05, 0) is 29.3 Å². The van der Waals surface area contributed by atoms with Crippen molar-refractivity contribution in [3.63, 3.8) is 0 Å².